The highest BCUT2D eigenvalue weighted by Crippen LogP contribution is 2.30. The third-order valence-electron chi connectivity index (χ3n) is 2.76. The molecule has 0 saturated heterocycles. The maximum Gasteiger partial charge on any atom is 0.317 e. The fourth-order valence-electron chi connectivity index (χ4n) is 2.04. The van der Waals surface area contributed by atoms with Crippen LogP contribution in [0.4, 0.5) is 0 Å². The molecule has 0 N–H and O–H groups in total. The lowest BCUT2D eigenvalue weighted by Crippen LogP contribution is -2.31. The average molecular weight is 267 g/mol. The number of Topliss-reactive ketones (excluding diaryl/α,β-unsaturated/α-hetero) is 1. The van der Waals surface area contributed by atoms with E-state index in [2.05, 4.69) is 0 Å². The minimum Gasteiger partial charge on any atom is -0.459 e. The zero-order valence-electron chi connectivity index (χ0n) is 10.6. The molecule has 96 valence electrons. The number of hydrogen-bond donors (Lipinski definition) is 0. The fraction of sp³-hybridized carbons (Fsp3) is 0.429. The Labute approximate surface area is 111 Å². The number of halogens is 1. The number of carbonyl (C=O) groups excluding carboxylic acids is 2. The van der Waals surface area contributed by atoms with Crippen LogP contribution in [0.5, 0.6) is 0 Å². The lowest BCUT2D eigenvalue weighted by Gasteiger charge is -2.21. The highest BCUT2D eigenvalue weighted by Gasteiger charge is 2.38. The van der Waals surface area contributed by atoms with Crippen molar-refractivity contribution in [3.8, 4) is 0 Å². The van der Waals surface area contributed by atoms with Gasteiger partial charge in [0.15, 0.2) is 5.78 Å². The van der Waals surface area contributed by atoms with Gasteiger partial charge in [0, 0.05) is 10.6 Å². The molecule has 0 aromatic heterocycles. The summed E-state index contributed by atoms with van der Waals surface area (Å²) in [5, 5.41) is 0.575. The summed E-state index contributed by atoms with van der Waals surface area (Å²) in [5.41, 5.74) is 0.822. The smallest absolute Gasteiger partial charge is 0.317 e. The SMILES string of the molecule is CC(C)(C)OC(=O)C1Cc2cc(Cl)ccc2C1=O. The van der Waals surface area contributed by atoms with E-state index in [4.69, 9.17) is 16.3 Å². The van der Waals surface area contributed by atoms with Gasteiger partial charge in [-0.25, -0.2) is 0 Å². The van der Waals surface area contributed by atoms with Crippen molar-refractivity contribution >= 4 is 23.4 Å². The van der Waals surface area contributed by atoms with Gasteiger partial charge in [0.1, 0.15) is 11.5 Å². The highest BCUT2D eigenvalue weighted by atomic mass is 35.5. The summed E-state index contributed by atoms with van der Waals surface area (Å²) in [7, 11) is 0. The second-order valence-corrected chi connectivity index (χ2v) is 5.89. The van der Waals surface area contributed by atoms with Crippen molar-refractivity contribution in [1.82, 2.24) is 0 Å². The molecule has 3 nitrogen and oxygen atoms in total. The molecule has 2 rings (SSSR count). The topological polar surface area (TPSA) is 43.4 Å². The van der Waals surface area contributed by atoms with Crippen LogP contribution in [0.25, 0.3) is 0 Å². The average Bonchev–Trinajstić information content (AvgIpc) is 2.53. The summed E-state index contributed by atoms with van der Waals surface area (Å²) >= 11 is 5.88. The summed E-state index contributed by atoms with van der Waals surface area (Å²) < 4.78 is 5.26. The molecular weight excluding hydrogens is 252 g/mol. The molecule has 0 fully saturated rings. The number of rotatable bonds is 1. The summed E-state index contributed by atoms with van der Waals surface area (Å²) in [6.07, 6.45) is 0.379. The van der Waals surface area contributed by atoms with Crippen molar-refractivity contribution in [3.05, 3.63) is 34.3 Å². The number of hydrogen-bond acceptors (Lipinski definition) is 3. The van der Waals surface area contributed by atoms with Gasteiger partial charge in [0.25, 0.3) is 0 Å². The molecule has 18 heavy (non-hydrogen) atoms. The zero-order valence-corrected chi connectivity index (χ0v) is 11.4. The number of fused-ring (bicyclic) bond motifs is 1. The standard InChI is InChI=1S/C14H15ClO3/c1-14(2,3)18-13(17)11-7-8-6-9(15)4-5-10(8)12(11)16/h4-6,11H,7H2,1-3H3. The molecular formula is C14H15ClO3. The lowest BCUT2D eigenvalue weighted by molar-refractivity contribution is -0.157. The Morgan fingerprint density at radius 2 is 2.06 bits per heavy atom. The second kappa shape index (κ2) is 4.39. The monoisotopic (exact) mass is 266 g/mol. The molecule has 1 unspecified atom stereocenters. The Morgan fingerprint density at radius 3 is 2.67 bits per heavy atom. The van der Waals surface area contributed by atoms with Crippen LogP contribution in [0.2, 0.25) is 5.02 Å². The number of carbonyl (C=O) groups is 2. The Hall–Kier alpha value is -1.35. The molecule has 0 saturated carbocycles. The molecule has 1 aliphatic rings. The zero-order chi connectivity index (χ0) is 13.5. The normalized spacial score (nSPS) is 18.7. The van der Waals surface area contributed by atoms with Gasteiger partial charge in [-0.2, -0.15) is 0 Å². The molecule has 1 aromatic rings. The van der Waals surface area contributed by atoms with Crippen LogP contribution < -0.4 is 0 Å². The molecule has 0 amide bonds. The minimum absolute atomic E-state index is 0.170. The first kappa shape index (κ1) is 13.1. The van der Waals surface area contributed by atoms with Gasteiger partial charge < -0.3 is 4.74 Å². The molecule has 0 spiro atoms. The van der Waals surface area contributed by atoms with E-state index in [1.807, 2.05) is 0 Å². The lowest BCUT2D eigenvalue weighted by atomic mass is 10.1. The highest BCUT2D eigenvalue weighted by molar-refractivity contribution is 6.31. The Balaban J connectivity index is 2.21. The third-order valence-corrected chi connectivity index (χ3v) is 3.00. The van der Waals surface area contributed by atoms with E-state index in [1.165, 1.54) is 0 Å². The molecule has 0 bridgehead atoms. The number of benzene rings is 1. The van der Waals surface area contributed by atoms with Gasteiger partial charge in [0.05, 0.1) is 0 Å². The van der Waals surface area contributed by atoms with Crippen LogP contribution in [0.15, 0.2) is 18.2 Å². The van der Waals surface area contributed by atoms with E-state index >= 15 is 0 Å². The maximum atomic E-state index is 12.1. The summed E-state index contributed by atoms with van der Waals surface area (Å²) in [6, 6.07) is 5.07. The van der Waals surface area contributed by atoms with E-state index in [0.29, 0.717) is 17.0 Å². The van der Waals surface area contributed by atoms with Gasteiger partial charge in [-0.3, -0.25) is 9.59 Å². The molecule has 0 heterocycles. The predicted octanol–water partition coefficient (Wildman–Crippen LogP) is 3.04. The van der Waals surface area contributed by atoms with E-state index in [-0.39, 0.29) is 5.78 Å². The summed E-state index contributed by atoms with van der Waals surface area (Å²) in [6.45, 7) is 5.36. The van der Waals surface area contributed by atoms with Crippen molar-refractivity contribution in [2.45, 2.75) is 32.8 Å². The van der Waals surface area contributed by atoms with Gasteiger partial charge in [-0.1, -0.05) is 11.6 Å². The molecule has 1 atom stereocenters. The first-order chi connectivity index (χ1) is 8.28. The maximum absolute atomic E-state index is 12.1. The van der Waals surface area contributed by atoms with Crippen LogP contribution in [0.1, 0.15) is 36.7 Å². The molecule has 1 aliphatic carbocycles. The van der Waals surface area contributed by atoms with Gasteiger partial charge in [-0.05, 0) is 51.0 Å². The van der Waals surface area contributed by atoms with E-state index in [9.17, 15) is 9.59 Å². The Kier molecular flexibility index (Phi) is 3.20. The number of ketones is 1. The van der Waals surface area contributed by atoms with Crippen LogP contribution in [-0.4, -0.2) is 17.4 Å². The van der Waals surface area contributed by atoms with Crippen molar-refractivity contribution in [3.63, 3.8) is 0 Å². The third kappa shape index (κ3) is 2.56. The number of ether oxygens (including phenoxy) is 1. The van der Waals surface area contributed by atoms with Crippen LogP contribution in [0, 0.1) is 5.92 Å². The largest absolute Gasteiger partial charge is 0.459 e. The van der Waals surface area contributed by atoms with Crippen molar-refractivity contribution < 1.29 is 14.3 Å². The van der Waals surface area contributed by atoms with Gasteiger partial charge in [0.2, 0.25) is 0 Å². The second-order valence-electron chi connectivity index (χ2n) is 5.46. The fourth-order valence-corrected chi connectivity index (χ4v) is 2.23. The Bertz CT molecular complexity index is 514. The van der Waals surface area contributed by atoms with Gasteiger partial charge in [-0.15, -0.1) is 0 Å². The van der Waals surface area contributed by atoms with Crippen molar-refractivity contribution in [2.24, 2.45) is 5.92 Å². The Morgan fingerprint density at radius 1 is 1.39 bits per heavy atom. The summed E-state index contributed by atoms with van der Waals surface area (Å²) in [5.74, 6) is -1.35. The molecule has 0 radical (unpaired) electrons. The van der Waals surface area contributed by atoms with E-state index < -0.39 is 17.5 Å². The van der Waals surface area contributed by atoms with Crippen molar-refractivity contribution in [2.75, 3.05) is 0 Å². The minimum atomic E-state index is -0.724. The summed E-state index contributed by atoms with van der Waals surface area (Å²) in [4.78, 5) is 24.0. The predicted molar refractivity (Wildman–Crippen MR) is 68.8 cm³/mol. The number of esters is 1. The van der Waals surface area contributed by atoms with Crippen LogP contribution >= 0.6 is 11.6 Å². The quantitative estimate of drug-likeness (QED) is 0.580. The van der Waals surface area contributed by atoms with Crippen LogP contribution in [-0.2, 0) is 16.0 Å². The first-order valence-corrected chi connectivity index (χ1v) is 6.21. The van der Waals surface area contributed by atoms with Crippen molar-refractivity contribution in [1.29, 1.82) is 0 Å². The van der Waals surface area contributed by atoms with Gasteiger partial charge >= 0.3 is 5.97 Å². The first-order valence-electron chi connectivity index (χ1n) is 5.83. The molecule has 4 heteroatoms. The van der Waals surface area contributed by atoms with E-state index in [0.717, 1.165) is 5.56 Å². The van der Waals surface area contributed by atoms with Crippen LogP contribution in [0.3, 0.4) is 0 Å². The molecule has 0 aliphatic heterocycles. The van der Waals surface area contributed by atoms with E-state index in [1.54, 1.807) is 39.0 Å². The molecule has 1 aromatic carbocycles.